The first-order valence-electron chi connectivity index (χ1n) is 9.39. The SMILES string of the molecule is Cc1nn(C)c(Cl)c1CN[C@H]1CC(C)(C)Cc2c1cnn2-c1ccccc1. The summed E-state index contributed by atoms with van der Waals surface area (Å²) >= 11 is 6.42. The van der Waals surface area contributed by atoms with Crippen molar-refractivity contribution in [3.05, 3.63) is 64.2 Å². The van der Waals surface area contributed by atoms with Crippen LogP contribution in [-0.4, -0.2) is 19.6 Å². The monoisotopic (exact) mass is 383 g/mol. The van der Waals surface area contributed by atoms with Gasteiger partial charge in [-0.05, 0) is 37.3 Å². The lowest BCUT2D eigenvalue weighted by molar-refractivity contribution is 0.252. The summed E-state index contributed by atoms with van der Waals surface area (Å²) in [4.78, 5) is 0. The highest BCUT2D eigenvalue weighted by Crippen LogP contribution is 2.41. The average molecular weight is 384 g/mol. The fraction of sp³-hybridized carbons (Fsp3) is 0.429. The molecule has 0 saturated carbocycles. The molecule has 2 aromatic heterocycles. The van der Waals surface area contributed by atoms with Gasteiger partial charge in [-0.3, -0.25) is 4.68 Å². The van der Waals surface area contributed by atoms with E-state index < -0.39 is 0 Å². The van der Waals surface area contributed by atoms with Crippen LogP contribution in [0.3, 0.4) is 0 Å². The number of nitrogens with one attached hydrogen (secondary N) is 1. The van der Waals surface area contributed by atoms with E-state index in [1.807, 2.05) is 26.2 Å². The Morgan fingerprint density at radius 3 is 2.67 bits per heavy atom. The number of benzene rings is 1. The Hall–Kier alpha value is -2.11. The molecule has 6 heteroatoms. The van der Waals surface area contributed by atoms with Crippen molar-refractivity contribution in [3.63, 3.8) is 0 Å². The van der Waals surface area contributed by atoms with Gasteiger partial charge in [-0.2, -0.15) is 10.2 Å². The molecule has 0 unspecified atom stereocenters. The number of aryl methyl sites for hydroxylation is 2. The van der Waals surface area contributed by atoms with Crippen molar-refractivity contribution in [1.82, 2.24) is 24.9 Å². The quantitative estimate of drug-likeness (QED) is 0.727. The van der Waals surface area contributed by atoms with E-state index >= 15 is 0 Å². The summed E-state index contributed by atoms with van der Waals surface area (Å²) < 4.78 is 3.82. The maximum absolute atomic E-state index is 6.42. The summed E-state index contributed by atoms with van der Waals surface area (Å²) in [6.07, 6.45) is 4.10. The molecule has 4 rings (SSSR count). The Bertz CT molecular complexity index is 955. The Balaban J connectivity index is 1.65. The van der Waals surface area contributed by atoms with Crippen molar-refractivity contribution in [3.8, 4) is 5.69 Å². The lowest BCUT2D eigenvalue weighted by Crippen LogP contribution is -2.33. The number of aromatic nitrogens is 4. The van der Waals surface area contributed by atoms with E-state index in [9.17, 15) is 0 Å². The highest BCUT2D eigenvalue weighted by atomic mass is 35.5. The van der Waals surface area contributed by atoms with Gasteiger partial charge in [0, 0.05) is 36.5 Å². The Morgan fingerprint density at radius 2 is 2.00 bits per heavy atom. The molecule has 1 aliphatic rings. The first-order chi connectivity index (χ1) is 12.9. The smallest absolute Gasteiger partial charge is 0.131 e. The summed E-state index contributed by atoms with van der Waals surface area (Å²) in [5.74, 6) is 0. The Morgan fingerprint density at radius 1 is 1.26 bits per heavy atom. The fourth-order valence-electron chi connectivity index (χ4n) is 4.12. The third-order valence-corrected chi connectivity index (χ3v) is 5.95. The van der Waals surface area contributed by atoms with Crippen LogP contribution in [0.25, 0.3) is 5.69 Å². The standard InChI is InChI=1S/C21H26ClN5/c1-14-16(20(22)26(4)25-14)12-23-18-10-21(2,3)11-19-17(18)13-24-27(19)15-8-6-5-7-9-15/h5-9,13,18,23H,10-12H2,1-4H3/t18-/m0/s1. The molecule has 0 fully saturated rings. The van der Waals surface area contributed by atoms with Crippen molar-refractivity contribution in [2.24, 2.45) is 12.5 Å². The first kappa shape index (κ1) is 18.3. The summed E-state index contributed by atoms with van der Waals surface area (Å²) in [6, 6.07) is 10.6. The number of hydrogen-bond donors (Lipinski definition) is 1. The van der Waals surface area contributed by atoms with E-state index in [2.05, 4.69) is 53.2 Å². The molecule has 0 aliphatic heterocycles. The first-order valence-corrected chi connectivity index (χ1v) is 9.77. The molecule has 0 saturated heterocycles. The maximum Gasteiger partial charge on any atom is 0.131 e. The molecular formula is C21H26ClN5. The van der Waals surface area contributed by atoms with Gasteiger partial charge in [0.15, 0.2) is 0 Å². The molecule has 3 aromatic rings. The zero-order valence-electron chi connectivity index (χ0n) is 16.3. The van der Waals surface area contributed by atoms with Crippen LogP contribution in [0.15, 0.2) is 36.5 Å². The predicted octanol–water partition coefficient (Wildman–Crippen LogP) is 4.37. The molecule has 2 heterocycles. The molecule has 0 spiro atoms. The zero-order valence-corrected chi connectivity index (χ0v) is 17.1. The van der Waals surface area contributed by atoms with Crippen molar-refractivity contribution >= 4 is 11.6 Å². The number of hydrogen-bond acceptors (Lipinski definition) is 3. The predicted molar refractivity (Wildman–Crippen MR) is 108 cm³/mol. The number of halogens is 1. The minimum Gasteiger partial charge on any atom is -0.306 e. The van der Waals surface area contributed by atoms with E-state index in [1.54, 1.807) is 4.68 Å². The van der Waals surface area contributed by atoms with Crippen LogP contribution in [-0.2, 0) is 20.0 Å². The molecule has 0 bridgehead atoms. The van der Waals surface area contributed by atoms with Crippen LogP contribution in [0.5, 0.6) is 0 Å². The lowest BCUT2D eigenvalue weighted by atomic mass is 9.74. The van der Waals surface area contributed by atoms with Gasteiger partial charge in [-0.1, -0.05) is 43.6 Å². The summed E-state index contributed by atoms with van der Waals surface area (Å²) in [7, 11) is 1.88. The van der Waals surface area contributed by atoms with E-state index in [4.69, 9.17) is 16.7 Å². The minimum atomic E-state index is 0.199. The van der Waals surface area contributed by atoms with Gasteiger partial charge >= 0.3 is 0 Å². The van der Waals surface area contributed by atoms with Gasteiger partial charge in [0.25, 0.3) is 0 Å². The number of nitrogens with zero attached hydrogens (tertiary/aromatic N) is 4. The van der Waals surface area contributed by atoms with Crippen molar-refractivity contribution < 1.29 is 0 Å². The van der Waals surface area contributed by atoms with Crippen molar-refractivity contribution in [2.45, 2.75) is 46.2 Å². The molecule has 1 atom stereocenters. The topological polar surface area (TPSA) is 47.7 Å². The highest BCUT2D eigenvalue weighted by Gasteiger charge is 2.35. The van der Waals surface area contributed by atoms with Crippen LogP contribution in [0, 0.1) is 12.3 Å². The fourth-order valence-corrected chi connectivity index (χ4v) is 4.36. The van der Waals surface area contributed by atoms with Crippen LogP contribution >= 0.6 is 11.6 Å². The van der Waals surface area contributed by atoms with Gasteiger partial charge in [-0.25, -0.2) is 4.68 Å². The molecule has 5 nitrogen and oxygen atoms in total. The summed E-state index contributed by atoms with van der Waals surface area (Å²) in [5.41, 5.74) is 5.94. The molecule has 0 amide bonds. The van der Waals surface area contributed by atoms with Crippen molar-refractivity contribution in [1.29, 1.82) is 0 Å². The zero-order chi connectivity index (χ0) is 19.2. The number of rotatable bonds is 4. The Labute approximate surface area is 165 Å². The molecule has 1 N–H and O–H groups in total. The van der Waals surface area contributed by atoms with Gasteiger partial charge in [0.1, 0.15) is 5.15 Å². The second kappa shape index (κ2) is 6.80. The van der Waals surface area contributed by atoms with Gasteiger partial charge in [0.2, 0.25) is 0 Å². The molecule has 0 radical (unpaired) electrons. The van der Waals surface area contributed by atoms with Crippen LogP contribution in [0.4, 0.5) is 0 Å². The van der Waals surface area contributed by atoms with E-state index in [1.165, 1.54) is 11.3 Å². The molecular weight excluding hydrogens is 358 g/mol. The van der Waals surface area contributed by atoms with Crippen molar-refractivity contribution in [2.75, 3.05) is 0 Å². The minimum absolute atomic E-state index is 0.199. The normalized spacial score (nSPS) is 18.5. The van der Waals surface area contributed by atoms with Gasteiger partial charge in [0.05, 0.1) is 17.6 Å². The largest absolute Gasteiger partial charge is 0.306 e. The average Bonchev–Trinajstić information content (AvgIpc) is 3.14. The number of fused-ring (bicyclic) bond motifs is 1. The van der Waals surface area contributed by atoms with Crippen LogP contribution < -0.4 is 5.32 Å². The van der Waals surface area contributed by atoms with Gasteiger partial charge in [-0.15, -0.1) is 0 Å². The Kier molecular flexibility index (Phi) is 4.60. The molecule has 142 valence electrons. The van der Waals surface area contributed by atoms with E-state index in [-0.39, 0.29) is 11.5 Å². The summed E-state index contributed by atoms with van der Waals surface area (Å²) in [5, 5.41) is 13.6. The highest BCUT2D eigenvalue weighted by molar-refractivity contribution is 6.30. The number of para-hydroxylation sites is 1. The van der Waals surface area contributed by atoms with Crippen LogP contribution in [0.2, 0.25) is 5.15 Å². The van der Waals surface area contributed by atoms with E-state index in [0.29, 0.717) is 11.7 Å². The second-order valence-corrected chi connectivity index (χ2v) is 8.61. The molecule has 27 heavy (non-hydrogen) atoms. The second-order valence-electron chi connectivity index (χ2n) is 8.25. The third kappa shape index (κ3) is 3.42. The lowest BCUT2D eigenvalue weighted by Gasteiger charge is -2.36. The molecule has 1 aliphatic carbocycles. The van der Waals surface area contributed by atoms with E-state index in [0.717, 1.165) is 29.8 Å². The maximum atomic E-state index is 6.42. The molecule has 1 aromatic carbocycles. The summed E-state index contributed by atoms with van der Waals surface area (Å²) in [6.45, 7) is 7.37. The third-order valence-electron chi connectivity index (χ3n) is 5.48. The van der Waals surface area contributed by atoms with Crippen LogP contribution in [0.1, 0.15) is 48.8 Å². The van der Waals surface area contributed by atoms with Gasteiger partial charge < -0.3 is 5.32 Å².